The molecule has 0 atom stereocenters. The number of nitrogens with zero attached hydrogens (tertiary/aromatic N) is 2. The molecule has 0 aliphatic heterocycles. The van der Waals surface area contributed by atoms with E-state index in [0.717, 1.165) is 21.7 Å². The molecule has 25 heavy (non-hydrogen) atoms. The molecule has 0 fully saturated rings. The Bertz CT molecular complexity index is 898. The van der Waals surface area contributed by atoms with Gasteiger partial charge in [-0.2, -0.15) is 0 Å². The maximum absolute atomic E-state index is 11.8. The summed E-state index contributed by atoms with van der Waals surface area (Å²) < 4.78 is 5.23. The van der Waals surface area contributed by atoms with Gasteiger partial charge in [-0.05, 0) is 38.5 Å². The second-order valence-electron chi connectivity index (χ2n) is 6.52. The molecule has 0 saturated heterocycles. The van der Waals surface area contributed by atoms with Gasteiger partial charge in [0.1, 0.15) is 15.9 Å². The lowest BCUT2D eigenvalue weighted by molar-refractivity contribution is 0.0636. The van der Waals surface area contributed by atoms with Crippen LogP contribution >= 0.6 is 11.3 Å². The number of aliphatic hydroxyl groups is 1. The summed E-state index contributed by atoms with van der Waals surface area (Å²) in [5, 5.41) is 12.2. The molecule has 130 valence electrons. The highest BCUT2D eigenvalue weighted by Crippen LogP contribution is 2.28. The smallest absolute Gasteiger partial charge is 0.413 e. The molecule has 2 heterocycles. The van der Waals surface area contributed by atoms with Crippen LogP contribution in [-0.4, -0.2) is 26.8 Å². The number of pyridine rings is 1. The molecule has 1 aromatic carbocycles. The summed E-state index contributed by atoms with van der Waals surface area (Å²) >= 11 is 1.29. The van der Waals surface area contributed by atoms with Crippen molar-refractivity contribution < 1.29 is 14.6 Å². The Balaban J connectivity index is 1.82. The lowest BCUT2D eigenvalue weighted by atomic mass is 10.1. The Morgan fingerprint density at radius 3 is 2.52 bits per heavy atom. The fraction of sp³-hybridized carbons (Fsp3) is 0.278. The van der Waals surface area contributed by atoms with E-state index in [9.17, 15) is 4.79 Å². The molecular weight excluding hydrogens is 338 g/mol. The van der Waals surface area contributed by atoms with Crippen LogP contribution in [0.4, 0.5) is 9.93 Å². The Morgan fingerprint density at radius 1 is 1.16 bits per heavy atom. The van der Waals surface area contributed by atoms with Crippen molar-refractivity contribution in [1.82, 2.24) is 9.97 Å². The maximum Gasteiger partial charge on any atom is 0.413 e. The van der Waals surface area contributed by atoms with Crippen molar-refractivity contribution in [3.63, 3.8) is 0 Å². The molecule has 0 spiro atoms. The molecule has 2 N–H and O–H groups in total. The van der Waals surface area contributed by atoms with Gasteiger partial charge in [0.25, 0.3) is 0 Å². The third kappa shape index (κ3) is 4.32. The first-order chi connectivity index (χ1) is 11.8. The van der Waals surface area contributed by atoms with Gasteiger partial charge in [-0.15, -0.1) is 0 Å². The van der Waals surface area contributed by atoms with Crippen molar-refractivity contribution >= 4 is 32.9 Å². The van der Waals surface area contributed by atoms with E-state index in [1.54, 1.807) is 20.8 Å². The SMILES string of the molecule is CC(C)(C)OC(=O)Nc1nc2ccc(-c3ccc(CO)cc3)nc2s1. The van der Waals surface area contributed by atoms with Gasteiger partial charge >= 0.3 is 6.09 Å². The molecule has 2 aromatic heterocycles. The quantitative estimate of drug-likeness (QED) is 0.734. The monoisotopic (exact) mass is 357 g/mol. The number of carbonyl (C=O) groups is 1. The number of rotatable bonds is 3. The molecule has 0 aliphatic carbocycles. The number of hydrogen-bond donors (Lipinski definition) is 2. The summed E-state index contributed by atoms with van der Waals surface area (Å²) in [7, 11) is 0. The minimum atomic E-state index is -0.563. The van der Waals surface area contributed by atoms with Gasteiger partial charge in [-0.25, -0.2) is 14.8 Å². The number of aliphatic hydroxyl groups excluding tert-OH is 1. The Labute approximate surface area is 149 Å². The number of carbonyl (C=O) groups excluding carboxylic acids is 1. The van der Waals surface area contributed by atoms with Gasteiger partial charge in [-0.3, -0.25) is 5.32 Å². The second kappa shape index (κ2) is 6.78. The highest BCUT2D eigenvalue weighted by atomic mass is 32.1. The van der Waals surface area contributed by atoms with Crippen molar-refractivity contribution in [2.75, 3.05) is 5.32 Å². The molecule has 6 nitrogen and oxygen atoms in total. The predicted octanol–water partition coefficient (Wildman–Crippen LogP) is 4.20. The average molecular weight is 357 g/mol. The zero-order valence-electron chi connectivity index (χ0n) is 14.2. The molecule has 3 rings (SSSR count). The molecule has 3 aromatic rings. The summed E-state index contributed by atoms with van der Waals surface area (Å²) in [5.41, 5.74) is 2.77. The normalized spacial score (nSPS) is 11.5. The summed E-state index contributed by atoms with van der Waals surface area (Å²) in [5.74, 6) is 0. The van der Waals surface area contributed by atoms with Crippen molar-refractivity contribution in [1.29, 1.82) is 0 Å². The number of thiazole rings is 1. The van der Waals surface area contributed by atoms with Gasteiger partial charge in [-0.1, -0.05) is 35.6 Å². The van der Waals surface area contributed by atoms with E-state index >= 15 is 0 Å². The molecule has 0 saturated carbocycles. The molecule has 1 amide bonds. The lowest BCUT2D eigenvalue weighted by Crippen LogP contribution is -2.27. The lowest BCUT2D eigenvalue weighted by Gasteiger charge is -2.18. The number of fused-ring (bicyclic) bond motifs is 1. The predicted molar refractivity (Wildman–Crippen MR) is 98.6 cm³/mol. The first-order valence-corrected chi connectivity index (χ1v) is 8.63. The van der Waals surface area contributed by atoms with Crippen LogP contribution in [0.15, 0.2) is 36.4 Å². The number of amides is 1. The third-order valence-corrected chi connectivity index (χ3v) is 4.18. The molecule has 0 bridgehead atoms. The van der Waals surface area contributed by atoms with E-state index in [4.69, 9.17) is 9.84 Å². The van der Waals surface area contributed by atoms with E-state index in [0.29, 0.717) is 10.6 Å². The number of nitrogens with one attached hydrogen (secondary N) is 1. The van der Waals surface area contributed by atoms with Crippen molar-refractivity contribution in [2.24, 2.45) is 0 Å². The molecule has 7 heteroatoms. The minimum absolute atomic E-state index is 0.0152. The third-order valence-electron chi connectivity index (χ3n) is 3.30. The molecule has 0 radical (unpaired) electrons. The van der Waals surface area contributed by atoms with Crippen LogP contribution in [-0.2, 0) is 11.3 Å². The Morgan fingerprint density at radius 2 is 1.88 bits per heavy atom. The average Bonchev–Trinajstić information content (AvgIpc) is 2.94. The van der Waals surface area contributed by atoms with Gasteiger partial charge in [0.15, 0.2) is 5.13 Å². The van der Waals surface area contributed by atoms with Gasteiger partial charge in [0.2, 0.25) is 0 Å². The highest BCUT2D eigenvalue weighted by molar-refractivity contribution is 7.21. The molecule has 0 unspecified atom stereocenters. The van der Waals surface area contributed by atoms with Crippen LogP contribution in [0.2, 0.25) is 0 Å². The highest BCUT2D eigenvalue weighted by Gasteiger charge is 2.17. The van der Waals surface area contributed by atoms with Gasteiger partial charge in [0, 0.05) is 5.56 Å². The zero-order valence-corrected chi connectivity index (χ0v) is 15.1. The maximum atomic E-state index is 11.8. The summed E-state index contributed by atoms with van der Waals surface area (Å²) in [6.07, 6.45) is -0.536. The zero-order chi connectivity index (χ0) is 18.0. The van der Waals surface area contributed by atoms with E-state index in [-0.39, 0.29) is 6.61 Å². The summed E-state index contributed by atoms with van der Waals surface area (Å²) in [6.45, 7) is 5.43. The largest absolute Gasteiger partial charge is 0.444 e. The fourth-order valence-corrected chi connectivity index (χ4v) is 3.03. The standard InChI is InChI=1S/C18H19N3O3S/c1-18(2,3)24-17(23)21-16-20-14-9-8-13(19-15(14)25-16)12-6-4-11(10-22)5-7-12/h4-9,22H,10H2,1-3H3,(H,20,21,23). The van der Waals surface area contributed by atoms with E-state index in [2.05, 4.69) is 15.3 Å². The number of anilines is 1. The first-order valence-electron chi connectivity index (χ1n) is 7.82. The van der Waals surface area contributed by atoms with Gasteiger partial charge < -0.3 is 9.84 Å². The van der Waals surface area contributed by atoms with Crippen LogP contribution in [0.25, 0.3) is 21.6 Å². The topological polar surface area (TPSA) is 84.3 Å². The van der Waals surface area contributed by atoms with Crippen molar-refractivity contribution in [3.05, 3.63) is 42.0 Å². The number of hydrogen-bond acceptors (Lipinski definition) is 6. The minimum Gasteiger partial charge on any atom is -0.444 e. The molecule has 0 aliphatic rings. The van der Waals surface area contributed by atoms with Crippen LogP contribution in [0.1, 0.15) is 26.3 Å². The Hall–Kier alpha value is -2.51. The fourth-order valence-electron chi connectivity index (χ4n) is 2.20. The van der Waals surface area contributed by atoms with Crippen molar-refractivity contribution in [3.8, 4) is 11.3 Å². The van der Waals surface area contributed by atoms with Gasteiger partial charge in [0.05, 0.1) is 12.3 Å². The van der Waals surface area contributed by atoms with Crippen LogP contribution < -0.4 is 5.32 Å². The van der Waals surface area contributed by atoms with E-state index in [1.807, 2.05) is 36.4 Å². The number of ether oxygens (including phenoxy) is 1. The molecular formula is C18H19N3O3S. The van der Waals surface area contributed by atoms with E-state index in [1.165, 1.54) is 11.3 Å². The number of benzene rings is 1. The summed E-state index contributed by atoms with van der Waals surface area (Å²) in [4.78, 5) is 21.5. The van der Waals surface area contributed by atoms with Crippen LogP contribution in [0, 0.1) is 0 Å². The number of aromatic nitrogens is 2. The Kier molecular flexibility index (Phi) is 4.69. The van der Waals surface area contributed by atoms with Crippen LogP contribution in [0.3, 0.4) is 0 Å². The van der Waals surface area contributed by atoms with E-state index < -0.39 is 11.7 Å². The van der Waals surface area contributed by atoms with Crippen molar-refractivity contribution in [2.45, 2.75) is 33.0 Å². The first kappa shape index (κ1) is 17.3. The summed E-state index contributed by atoms with van der Waals surface area (Å²) in [6, 6.07) is 11.3. The van der Waals surface area contributed by atoms with Crippen LogP contribution in [0.5, 0.6) is 0 Å². The second-order valence-corrected chi connectivity index (χ2v) is 7.50.